The highest BCUT2D eigenvalue weighted by Gasteiger charge is 2.22. The predicted octanol–water partition coefficient (Wildman–Crippen LogP) is 1.99. The highest BCUT2D eigenvalue weighted by Crippen LogP contribution is 2.21. The number of aryl methyl sites for hydroxylation is 1. The van der Waals surface area contributed by atoms with E-state index in [0.717, 1.165) is 17.8 Å². The molecule has 0 fully saturated rings. The van der Waals surface area contributed by atoms with Gasteiger partial charge in [0, 0.05) is 17.8 Å². The van der Waals surface area contributed by atoms with Gasteiger partial charge < -0.3 is 5.11 Å². The Morgan fingerprint density at radius 2 is 1.87 bits per heavy atom. The molecule has 0 bridgehead atoms. The van der Waals surface area contributed by atoms with Crippen LogP contribution in [0, 0.1) is 5.41 Å². The first kappa shape index (κ1) is 12.1. The molecule has 1 atom stereocenters. The molecular weight excluding hydrogens is 188 g/mol. The molecule has 1 rings (SSSR count). The standard InChI is InChI=1S/C12H20N2O/c1-5-9-6-10(14-8-13-9)7-11(15)12(2,3)4/h6,8,11,15H,5,7H2,1-4H3. The summed E-state index contributed by atoms with van der Waals surface area (Å²) < 4.78 is 0. The molecule has 0 aliphatic rings. The Morgan fingerprint density at radius 3 is 2.40 bits per heavy atom. The SMILES string of the molecule is CCc1cc(CC(O)C(C)(C)C)ncn1. The van der Waals surface area contributed by atoms with Crippen molar-refractivity contribution in [2.75, 3.05) is 0 Å². The zero-order valence-corrected chi connectivity index (χ0v) is 9.99. The number of hydrogen-bond donors (Lipinski definition) is 1. The minimum absolute atomic E-state index is 0.0999. The highest BCUT2D eigenvalue weighted by atomic mass is 16.3. The third kappa shape index (κ3) is 3.59. The summed E-state index contributed by atoms with van der Waals surface area (Å²) in [6.07, 6.45) is 2.71. The predicted molar refractivity (Wildman–Crippen MR) is 60.6 cm³/mol. The van der Waals surface area contributed by atoms with Gasteiger partial charge in [0.2, 0.25) is 0 Å². The Labute approximate surface area is 91.6 Å². The van der Waals surface area contributed by atoms with Crippen LogP contribution in [0.1, 0.15) is 39.1 Å². The minimum atomic E-state index is -0.364. The molecule has 0 aromatic carbocycles. The Hall–Kier alpha value is -0.960. The number of aromatic nitrogens is 2. The topological polar surface area (TPSA) is 46.0 Å². The van der Waals surface area contributed by atoms with Crippen molar-refractivity contribution in [3.8, 4) is 0 Å². The molecule has 0 saturated heterocycles. The summed E-state index contributed by atoms with van der Waals surface area (Å²) in [6, 6.07) is 1.97. The lowest BCUT2D eigenvalue weighted by Gasteiger charge is -2.25. The monoisotopic (exact) mass is 208 g/mol. The van der Waals surface area contributed by atoms with Crippen LogP contribution in [-0.2, 0) is 12.8 Å². The molecule has 3 heteroatoms. The lowest BCUT2D eigenvalue weighted by atomic mass is 9.86. The first-order valence-corrected chi connectivity index (χ1v) is 5.41. The van der Waals surface area contributed by atoms with Gasteiger partial charge in [0.1, 0.15) is 6.33 Å². The Morgan fingerprint density at radius 1 is 1.27 bits per heavy atom. The van der Waals surface area contributed by atoms with Crippen LogP contribution in [0.2, 0.25) is 0 Å². The van der Waals surface area contributed by atoms with Crippen molar-refractivity contribution in [2.24, 2.45) is 5.41 Å². The molecule has 1 unspecified atom stereocenters. The number of rotatable bonds is 3. The minimum Gasteiger partial charge on any atom is -0.392 e. The maximum absolute atomic E-state index is 9.94. The number of aliphatic hydroxyl groups is 1. The summed E-state index contributed by atoms with van der Waals surface area (Å²) in [7, 11) is 0. The fourth-order valence-electron chi connectivity index (χ4n) is 1.25. The molecule has 1 aromatic heterocycles. The largest absolute Gasteiger partial charge is 0.392 e. The van der Waals surface area contributed by atoms with E-state index in [4.69, 9.17) is 0 Å². The maximum atomic E-state index is 9.94. The first-order valence-electron chi connectivity index (χ1n) is 5.41. The Balaban J connectivity index is 2.72. The van der Waals surface area contributed by atoms with Crippen LogP contribution >= 0.6 is 0 Å². The fourth-order valence-corrected chi connectivity index (χ4v) is 1.25. The van der Waals surface area contributed by atoms with Crippen molar-refractivity contribution in [3.05, 3.63) is 23.8 Å². The molecule has 1 N–H and O–H groups in total. The highest BCUT2D eigenvalue weighted by molar-refractivity contribution is 5.09. The molecule has 0 saturated carbocycles. The fraction of sp³-hybridized carbons (Fsp3) is 0.667. The zero-order valence-electron chi connectivity index (χ0n) is 9.99. The van der Waals surface area contributed by atoms with Crippen molar-refractivity contribution < 1.29 is 5.11 Å². The van der Waals surface area contributed by atoms with Gasteiger partial charge >= 0.3 is 0 Å². The van der Waals surface area contributed by atoms with Crippen molar-refractivity contribution >= 4 is 0 Å². The Kier molecular flexibility index (Phi) is 3.80. The van der Waals surface area contributed by atoms with Crippen LogP contribution in [0.5, 0.6) is 0 Å². The van der Waals surface area contributed by atoms with Gasteiger partial charge in [-0.15, -0.1) is 0 Å². The average molecular weight is 208 g/mol. The van der Waals surface area contributed by atoms with Crippen LogP contribution in [-0.4, -0.2) is 21.2 Å². The van der Waals surface area contributed by atoms with Crippen molar-refractivity contribution in [1.82, 2.24) is 9.97 Å². The summed E-state index contributed by atoms with van der Waals surface area (Å²) in [6.45, 7) is 8.14. The van der Waals surface area contributed by atoms with Crippen molar-refractivity contribution in [2.45, 2.75) is 46.6 Å². The summed E-state index contributed by atoms with van der Waals surface area (Å²) in [5.74, 6) is 0. The second-order valence-corrected chi connectivity index (χ2v) is 4.94. The van der Waals surface area contributed by atoms with Gasteiger partial charge in [0.25, 0.3) is 0 Å². The van der Waals surface area contributed by atoms with E-state index >= 15 is 0 Å². The average Bonchev–Trinajstić information content (AvgIpc) is 2.16. The van der Waals surface area contributed by atoms with E-state index in [1.165, 1.54) is 0 Å². The maximum Gasteiger partial charge on any atom is 0.115 e. The molecule has 1 aromatic rings. The molecule has 1 heterocycles. The van der Waals surface area contributed by atoms with Gasteiger partial charge in [-0.25, -0.2) is 9.97 Å². The van der Waals surface area contributed by atoms with E-state index in [2.05, 4.69) is 16.9 Å². The van der Waals surface area contributed by atoms with Gasteiger partial charge in [0.15, 0.2) is 0 Å². The summed E-state index contributed by atoms with van der Waals surface area (Å²) >= 11 is 0. The molecule has 0 radical (unpaired) electrons. The third-order valence-corrected chi connectivity index (χ3v) is 2.54. The number of aliphatic hydroxyl groups excluding tert-OH is 1. The van der Waals surface area contributed by atoms with Crippen LogP contribution < -0.4 is 0 Å². The molecule has 0 aliphatic carbocycles. The first-order chi connectivity index (χ1) is 6.93. The summed E-state index contributed by atoms with van der Waals surface area (Å²) in [5.41, 5.74) is 1.85. The van der Waals surface area contributed by atoms with Gasteiger partial charge in [-0.05, 0) is 17.9 Å². The lowest BCUT2D eigenvalue weighted by Crippen LogP contribution is -2.28. The summed E-state index contributed by atoms with van der Waals surface area (Å²) in [4.78, 5) is 8.30. The van der Waals surface area contributed by atoms with E-state index in [1.54, 1.807) is 6.33 Å². The van der Waals surface area contributed by atoms with E-state index in [9.17, 15) is 5.11 Å². The normalized spacial score (nSPS) is 13.9. The van der Waals surface area contributed by atoms with Gasteiger partial charge in [0.05, 0.1) is 6.10 Å². The molecule has 0 spiro atoms. The smallest absolute Gasteiger partial charge is 0.115 e. The quantitative estimate of drug-likeness (QED) is 0.826. The van der Waals surface area contributed by atoms with Crippen LogP contribution in [0.15, 0.2) is 12.4 Å². The third-order valence-electron chi connectivity index (χ3n) is 2.54. The van der Waals surface area contributed by atoms with Crippen LogP contribution in [0.3, 0.4) is 0 Å². The van der Waals surface area contributed by atoms with Crippen molar-refractivity contribution in [1.29, 1.82) is 0 Å². The van der Waals surface area contributed by atoms with E-state index in [-0.39, 0.29) is 11.5 Å². The van der Waals surface area contributed by atoms with E-state index in [1.807, 2.05) is 26.8 Å². The second kappa shape index (κ2) is 4.71. The molecular formula is C12H20N2O. The summed E-state index contributed by atoms with van der Waals surface area (Å²) in [5, 5.41) is 9.94. The molecule has 84 valence electrons. The van der Waals surface area contributed by atoms with Gasteiger partial charge in [-0.1, -0.05) is 27.7 Å². The van der Waals surface area contributed by atoms with Crippen LogP contribution in [0.25, 0.3) is 0 Å². The van der Waals surface area contributed by atoms with Gasteiger partial charge in [-0.3, -0.25) is 0 Å². The zero-order chi connectivity index (χ0) is 11.5. The molecule has 0 amide bonds. The number of nitrogens with zero attached hydrogens (tertiary/aromatic N) is 2. The number of hydrogen-bond acceptors (Lipinski definition) is 3. The molecule has 3 nitrogen and oxygen atoms in total. The van der Waals surface area contributed by atoms with E-state index < -0.39 is 0 Å². The molecule has 0 aliphatic heterocycles. The lowest BCUT2D eigenvalue weighted by molar-refractivity contribution is 0.0627. The van der Waals surface area contributed by atoms with E-state index in [0.29, 0.717) is 6.42 Å². The molecule has 15 heavy (non-hydrogen) atoms. The Bertz CT molecular complexity index is 318. The van der Waals surface area contributed by atoms with Crippen LogP contribution in [0.4, 0.5) is 0 Å². The van der Waals surface area contributed by atoms with Crippen molar-refractivity contribution in [3.63, 3.8) is 0 Å². The van der Waals surface area contributed by atoms with Gasteiger partial charge in [-0.2, -0.15) is 0 Å². The second-order valence-electron chi connectivity index (χ2n) is 4.94.